The molecule has 0 aromatic heterocycles. The van der Waals surface area contributed by atoms with Crippen LogP contribution in [0.1, 0.15) is 18.5 Å². The Hall–Kier alpha value is -1.06. The topological polar surface area (TPSA) is 55.5 Å². The summed E-state index contributed by atoms with van der Waals surface area (Å²) in [7, 11) is 1.59. The average Bonchev–Trinajstić information content (AvgIpc) is 2.16. The minimum Gasteiger partial charge on any atom is -0.496 e. The van der Waals surface area contributed by atoms with Gasteiger partial charge in [-0.2, -0.15) is 0 Å². The van der Waals surface area contributed by atoms with E-state index in [1.54, 1.807) is 14.0 Å². The number of hydrogen-bond acceptors (Lipinski definition) is 3. The molecule has 0 radical (unpaired) electrons. The number of hydrogen-bond donors (Lipinski definition) is 2. The van der Waals surface area contributed by atoms with Crippen LogP contribution in [0.15, 0.2) is 24.3 Å². The van der Waals surface area contributed by atoms with E-state index in [2.05, 4.69) is 0 Å². The van der Waals surface area contributed by atoms with E-state index in [0.717, 1.165) is 11.3 Å². The maximum Gasteiger partial charge on any atom is 0.123 e. The minimum absolute atomic E-state index is 0.392. The van der Waals surface area contributed by atoms with Crippen LogP contribution in [-0.4, -0.2) is 18.3 Å². The van der Waals surface area contributed by atoms with Gasteiger partial charge in [-0.15, -0.1) is 0 Å². The van der Waals surface area contributed by atoms with Crippen molar-refractivity contribution in [1.29, 1.82) is 0 Å². The fourth-order valence-electron chi connectivity index (χ4n) is 1.20. The third-order valence-electron chi connectivity index (χ3n) is 2.02. The third-order valence-corrected chi connectivity index (χ3v) is 2.02. The van der Waals surface area contributed by atoms with Crippen molar-refractivity contribution in [2.24, 2.45) is 5.73 Å². The Morgan fingerprint density at radius 3 is 2.54 bits per heavy atom. The number of para-hydroxylation sites is 1. The maximum atomic E-state index is 9.31. The summed E-state index contributed by atoms with van der Waals surface area (Å²) in [6, 6.07) is 7.04. The summed E-state index contributed by atoms with van der Waals surface area (Å²) in [5.41, 5.74) is 6.62. The standard InChI is InChI=1S/C10H15NO2/c1-7(12)10(11)8-5-3-4-6-9(8)13-2/h3-7,10,12H,11H2,1-2H3/t7-,10+/m1/s1. The van der Waals surface area contributed by atoms with Crippen LogP contribution >= 0.6 is 0 Å². The van der Waals surface area contributed by atoms with Gasteiger partial charge in [0.1, 0.15) is 5.75 Å². The lowest BCUT2D eigenvalue weighted by Crippen LogP contribution is -2.23. The molecule has 0 amide bonds. The summed E-state index contributed by atoms with van der Waals surface area (Å²) in [5, 5.41) is 9.31. The Bertz CT molecular complexity index is 273. The molecule has 0 unspecified atom stereocenters. The molecule has 0 aliphatic rings. The second kappa shape index (κ2) is 4.25. The molecule has 0 heterocycles. The Balaban J connectivity index is 2.98. The summed E-state index contributed by atoms with van der Waals surface area (Å²) in [6.07, 6.45) is -0.573. The highest BCUT2D eigenvalue weighted by atomic mass is 16.5. The first-order valence-electron chi connectivity index (χ1n) is 4.23. The van der Waals surface area contributed by atoms with Crippen molar-refractivity contribution in [2.45, 2.75) is 19.1 Å². The molecule has 0 spiro atoms. The zero-order valence-electron chi connectivity index (χ0n) is 7.90. The van der Waals surface area contributed by atoms with Gasteiger partial charge < -0.3 is 15.6 Å². The van der Waals surface area contributed by atoms with Crippen LogP contribution in [0.4, 0.5) is 0 Å². The van der Waals surface area contributed by atoms with E-state index < -0.39 is 12.1 Å². The first kappa shape index (κ1) is 10.0. The highest BCUT2D eigenvalue weighted by molar-refractivity contribution is 5.36. The molecular weight excluding hydrogens is 166 g/mol. The van der Waals surface area contributed by atoms with Crippen molar-refractivity contribution < 1.29 is 9.84 Å². The van der Waals surface area contributed by atoms with E-state index in [-0.39, 0.29) is 0 Å². The van der Waals surface area contributed by atoms with E-state index in [9.17, 15) is 5.11 Å². The van der Waals surface area contributed by atoms with Crippen LogP contribution in [0.25, 0.3) is 0 Å². The predicted octanol–water partition coefficient (Wildman–Crippen LogP) is 1.08. The van der Waals surface area contributed by atoms with Gasteiger partial charge in [-0.05, 0) is 13.0 Å². The smallest absolute Gasteiger partial charge is 0.123 e. The van der Waals surface area contributed by atoms with E-state index in [1.807, 2.05) is 24.3 Å². The van der Waals surface area contributed by atoms with Gasteiger partial charge in [-0.1, -0.05) is 18.2 Å². The number of benzene rings is 1. The van der Waals surface area contributed by atoms with Gasteiger partial charge in [0.15, 0.2) is 0 Å². The van der Waals surface area contributed by atoms with Gasteiger partial charge in [-0.3, -0.25) is 0 Å². The zero-order valence-corrected chi connectivity index (χ0v) is 7.90. The molecule has 72 valence electrons. The first-order chi connectivity index (χ1) is 6.16. The molecule has 0 bridgehead atoms. The maximum absolute atomic E-state index is 9.31. The van der Waals surface area contributed by atoms with Crippen LogP contribution in [0.3, 0.4) is 0 Å². The zero-order chi connectivity index (χ0) is 9.84. The normalized spacial score (nSPS) is 15.1. The van der Waals surface area contributed by atoms with Gasteiger partial charge in [-0.25, -0.2) is 0 Å². The number of aliphatic hydroxyl groups excluding tert-OH is 1. The summed E-state index contributed by atoms with van der Waals surface area (Å²) in [6.45, 7) is 1.66. The van der Waals surface area contributed by atoms with Crippen molar-refractivity contribution in [1.82, 2.24) is 0 Å². The first-order valence-corrected chi connectivity index (χ1v) is 4.23. The van der Waals surface area contributed by atoms with Gasteiger partial charge in [0.25, 0.3) is 0 Å². The number of nitrogens with two attached hydrogens (primary N) is 1. The number of methoxy groups -OCH3 is 1. The van der Waals surface area contributed by atoms with Crippen molar-refractivity contribution in [3.05, 3.63) is 29.8 Å². The SMILES string of the molecule is COc1ccccc1[C@@H](N)[C@@H](C)O. The van der Waals surface area contributed by atoms with Crippen LogP contribution in [-0.2, 0) is 0 Å². The van der Waals surface area contributed by atoms with Crippen molar-refractivity contribution >= 4 is 0 Å². The third kappa shape index (κ3) is 2.20. The molecule has 13 heavy (non-hydrogen) atoms. The van der Waals surface area contributed by atoms with E-state index in [4.69, 9.17) is 10.5 Å². The average molecular weight is 181 g/mol. The van der Waals surface area contributed by atoms with Crippen molar-refractivity contribution in [3.8, 4) is 5.75 Å². The molecule has 0 saturated carbocycles. The predicted molar refractivity (Wildman–Crippen MR) is 51.6 cm³/mol. The molecule has 3 heteroatoms. The van der Waals surface area contributed by atoms with Crippen LogP contribution in [0.5, 0.6) is 5.75 Å². The van der Waals surface area contributed by atoms with Crippen molar-refractivity contribution in [3.63, 3.8) is 0 Å². The Kier molecular flexibility index (Phi) is 3.28. The monoisotopic (exact) mass is 181 g/mol. The second-order valence-corrected chi connectivity index (χ2v) is 3.01. The molecule has 1 aromatic carbocycles. The quantitative estimate of drug-likeness (QED) is 0.733. The molecule has 0 aliphatic carbocycles. The van der Waals surface area contributed by atoms with Gasteiger partial charge in [0.2, 0.25) is 0 Å². The lowest BCUT2D eigenvalue weighted by Gasteiger charge is -2.17. The molecule has 2 atom stereocenters. The highest BCUT2D eigenvalue weighted by Crippen LogP contribution is 2.24. The van der Waals surface area contributed by atoms with Gasteiger partial charge in [0.05, 0.1) is 19.3 Å². The fraction of sp³-hybridized carbons (Fsp3) is 0.400. The molecular formula is C10H15NO2. The fourth-order valence-corrected chi connectivity index (χ4v) is 1.20. The highest BCUT2D eigenvalue weighted by Gasteiger charge is 2.15. The number of rotatable bonds is 3. The lowest BCUT2D eigenvalue weighted by molar-refractivity contribution is 0.162. The van der Waals surface area contributed by atoms with Crippen LogP contribution in [0, 0.1) is 0 Å². The summed E-state index contributed by atoms with van der Waals surface area (Å²) >= 11 is 0. The van der Waals surface area contributed by atoms with E-state index in [0.29, 0.717) is 0 Å². The van der Waals surface area contributed by atoms with Gasteiger partial charge in [0, 0.05) is 5.56 Å². The molecule has 3 N–H and O–H groups in total. The number of aliphatic hydroxyl groups is 1. The van der Waals surface area contributed by atoms with Crippen molar-refractivity contribution in [2.75, 3.05) is 7.11 Å². The molecule has 1 rings (SSSR count). The summed E-state index contributed by atoms with van der Waals surface area (Å²) in [5.74, 6) is 0.718. The van der Waals surface area contributed by atoms with Crippen LogP contribution < -0.4 is 10.5 Å². The van der Waals surface area contributed by atoms with Crippen LogP contribution in [0.2, 0.25) is 0 Å². The summed E-state index contributed by atoms with van der Waals surface area (Å²) in [4.78, 5) is 0. The molecule has 1 aromatic rings. The molecule has 0 aliphatic heterocycles. The lowest BCUT2D eigenvalue weighted by atomic mass is 10.0. The summed E-state index contributed by atoms with van der Waals surface area (Å²) < 4.78 is 5.13. The molecule has 0 fully saturated rings. The minimum atomic E-state index is -0.573. The second-order valence-electron chi connectivity index (χ2n) is 3.01. The van der Waals surface area contributed by atoms with E-state index >= 15 is 0 Å². The molecule has 0 saturated heterocycles. The number of ether oxygens (including phenoxy) is 1. The Morgan fingerprint density at radius 1 is 1.38 bits per heavy atom. The molecule has 3 nitrogen and oxygen atoms in total. The van der Waals surface area contributed by atoms with E-state index in [1.165, 1.54) is 0 Å². The Morgan fingerprint density at radius 2 is 2.00 bits per heavy atom. The van der Waals surface area contributed by atoms with Gasteiger partial charge >= 0.3 is 0 Å². The Labute approximate surface area is 78.1 Å². The largest absolute Gasteiger partial charge is 0.496 e.